The number of hydrogen-bond acceptors (Lipinski definition) is 6. The molecule has 0 aliphatic carbocycles. The summed E-state index contributed by atoms with van der Waals surface area (Å²) in [5.74, 6) is 1.31. The SMILES string of the molecule is C=C(C)C(O)(C(=C)C)c1ccc(CN(CCN2CCOCC2)Cc2ccsc2)o1. The zero-order chi connectivity index (χ0) is 20.9. The maximum atomic E-state index is 11.0. The molecule has 2 aromatic heterocycles. The molecule has 0 amide bonds. The summed E-state index contributed by atoms with van der Waals surface area (Å²) in [6, 6.07) is 5.95. The van der Waals surface area contributed by atoms with E-state index < -0.39 is 5.60 Å². The third-order valence-electron chi connectivity index (χ3n) is 5.46. The maximum absolute atomic E-state index is 11.0. The third-order valence-corrected chi connectivity index (χ3v) is 6.19. The number of rotatable bonds is 10. The molecule has 29 heavy (non-hydrogen) atoms. The lowest BCUT2D eigenvalue weighted by molar-refractivity contribution is 0.0319. The van der Waals surface area contributed by atoms with Gasteiger partial charge in [0.2, 0.25) is 0 Å². The Kier molecular flexibility index (Phi) is 7.49. The molecule has 2 aromatic rings. The van der Waals surface area contributed by atoms with Crippen LogP contribution in [0.3, 0.4) is 0 Å². The largest absolute Gasteiger partial charge is 0.461 e. The Morgan fingerprint density at radius 1 is 1.17 bits per heavy atom. The summed E-state index contributed by atoms with van der Waals surface area (Å²) in [6.07, 6.45) is 0. The topological polar surface area (TPSA) is 49.1 Å². The molecule has 0 radical (unpaired) electrons. The second kappa shape index (κ2) is 9.87. The number of furan rings is 1. The molecule has 158 valence electrons. The Bertz CT molecular complexity index is 792. The van der Waals surface area contributed by atoms with Crippen molar-refractivity contribution in [2.75, 3.05) is 39.4 Å². The summed E-state index contributed by atoms with van der Waals surface area (Å²) in [6.45, 7) is 18.5. The van der Waals surface area contributed by atoms with Crippen molar-refractivity contribution in [2.45, 2.75) is 32.5 Å². The second-order valence-electron chi connectivity index (χ2n) is 7.83. The predicted molar refractivity (Wildman–Crippen MR) is 118 cm³/mol. The van der Waals surface area contributed by atoms with Crippen molar-refractivity contribution in [2.24, 2.45) is 0 Å². The molecule has 0 aromatic carbocycles. The van der Waals surface area contributed by atoms with Crippen molar-refractivity contribution < 1.29 is 14.3 Å². The number of nitrogens with zero attached hydrogens (tertiary/aromatic N) is 2. The highest BCUT2D eigenvalue weighted by atomic mass is 32.1. The number of aliphatic hydroxyl groups is 1. The quantitative estimate of drug-likeness (QED) is 0.593. The van der Waals surface area contributed by atoms with Crippen LogP contribution in [0.25, 0.3) is 0 Å². The standard InChI is InChI=1S/C23H32N2O3S/c1-18(2)23(26,19(3)4)22-6-5-21(28-22)16-25(15-20-7-14-29-17-20)9-8-24-10-12-27-13-11-24/h5-7,14,17,26H,1,3,8-13,15-16H2,2,4H3. The van der Waals surface area contributed by atoms with Gasteiger partial charge in [-0.2, -0.15) is 11.3 Å². The van der Waals surface area contributed by atoms with Crippen LogP contribution in [0.2, 0.25) is 0 Å². The number of hydrogen-bond donors (Lipinski definition) is 1. The van der Waals surface area contributed by atoms with E-state index in [2.05, 4.69) is 39.8 Å². The van der Waals surface area contributed by atoms with Gasteiger partial charge in [0.15, 0.2) is 5.60 Å². The Hall–Kier alpha value is -1.70. The van der Waals surface area contributed by atoms with Crippen LogP contribution < -0.4 is 0 Å². The fourth-order valence-corrected chi connectivity index (χ4v) is 4.28. The molecule has 3 rings (SSSR count). The van der Waals surface area contributed by atoms with Crippen molar-refractivity contribution in [3.8, 4) is 0 Å². The molecule has 0 atom stereocenters. The van der Waals surface area contributed by atoms with E-state index in [0.29, 0.717) is 23.5 Å². The van der Waals surface area contributed by atoms with Gasteiger partial charge in [0, 0.05) is 32.7 Å². The summed E-state index contributed by atoms with van der Waals surface area (Å²) in [7, 11) is 0. The first-order valence-electron chi connectivity index (χ1n) is 10.1. The first-order chi connectivity index (χ1) is 13.9. The van der Waals surface area contributed by atoms with Gasteiger partial charge in [0.1, 0.15) is 11.5 Å². The fourth-order valence-electron chi connectivity index (χ4n) is 3.63. The Balaban J connectivity index is 1.70. The molecular formula is C23H32N2O3S. The van der Waals surface area contributed by atoms with Crippen LogP contribution in [0.4, 0.5) is 0 Å². The van der Waals surface area contributed by atoms with Crippen molar-refractivity contribution in [1.29, 1.82) is 0 Å². The van der Waals surface area contributed by atoms with E-state index in [-0.39, 0.29) is 0 Å². The fraction of sp³-hybridized carbons (Fsp3) is 0.478. The molecule has 1 saturated heterocycles. The van der Waals surface area contributed by atoms with Crippen LogP contribution in [-0.2, 0) is 23.4 Å². The Morgan fingerprint density at radius 3 is 2.52 bits per heavy atom. The monoisotopic (exact) mass is 416 g/mol. The lowest BCUT2D eigenvalue weighted by Gasteiger charge is -2.30. The van der Waals surface area contributed by atoms with Crippen molar-refractivity contribution in [3.63, 3.8) is 0 Å². The molecule has 1 aliphatic heterocycles. The normalized spacial score (nSPS) is 15.7. The minimum Gasteiger partial charge on any atom is -0.461 e. The van der Waals surface area contributed by atoms with Crippen LogP contribution in [-0.4, -0.2) is 54.3 Å². The average molecular weight is 417 g/mol. The Morgan fingerprint density at radius 2 is 1.90 bits per heavy atom. The van der Waals surface area contributed by atoms with Gasteiger partial charge in [-0.3, -0.25) is 9.80 Å². The van der Waals surface area contributed by atoms with Crippen molar-refractivity contribution in [1.82, 2.24) is 9.80 Å². The van der Waals surface area contributed by atoms with Gasteiger partial charge in [-0.15, -0.1) is 0 Å². The molecule has 6 heteroatoms. The first-order valence-corrected chi connectivity index (χ1v) is 11.0. The lowest BCUT2D eigenvalue weighted by Crippen LogP contribution is -2.41. The summed E-state index contributed by atoms with van der Waals surface area (Å²) in [5, 5.41) is 15.3. The molecule has 0 saturated carbocycles. The van der Waals surface area contributed by atoms with Crippen molar-refractivity contribution >= 4 is 11.3 Å². The van der Waals surface area contributed by atoms with E-state index in [1.165, 1.54) is 5.56 Å². The molecule has 1 N–H and O–H groups in total. The number of ether oxygens (including phenoxy) is 1. The summed E-state index contributed by atoms with van der Waals surface area (Å²) in [5.41, 5.74) is 1.19. The zero-order valence-electron chi connectivity index (χ0n) is 17.5. The van der Waals surface area contributed by atoms with E-state index in [4.69, 9.17) is 9.15 Å². The molecular weight excluding hydrogens is 384 g/mol. The predicted octanol–water partition coefficient (Wildman–Crippen LogP) is 4.02. The van der Waals surface area contributed by atoms with Gasteiger partial charge in [-0.25, -0.2) is 0 Å². The van der Waals surface area contributed by atoms with Crippen molar-refractivity contribution in [3.05, 3.63) is 70.3 Å². The molecule has 0 spiro atoms. The smallest absolute Gasteiger partial charge is 0.163 e. The van der Waals surface area contributed by atoms with Crippen LogP contribution in [0, 0.1) is 0 Å². The highest BCUT2D eigenvalue weighted by Crippen LogP contribution is 2.36. The maximum Gasteiger partial charge on any atom is 0.163 e. The van der Waals surface area contributed by atoms with Crippen LogP contribution in [0.5, 0.6) is 0 Å². The highest BCUT2D eigenvalue weighted by molar-refractivity contribution is 7.07. The van der Waals surface area contributed by atoms with Crippen LogP contribution in [0.15, 0.2) is 57.7 Å². The van der Waals surface area contributed by atoms with Crippen LogP contribution in [0.1, 0.15) is 30.9 Å². The molecule has 1 aliphatic rings. The van der Waals surface area contributed by atoms with E-state index in [1.807, 2.05) is 12.1 Å². The molecule has 5 nitrogen and oxygen atoms in total. The van der Waals surface area contributed by atoms with Gasteiger partial charge in [0.05, 0.1) is 19.8 Å². The van der Waals surface area contributed by atoms with E-state index in [0.717, 1.165) is 51.7 Å². The number of morpholine rings is 1. The van der Waals surface area contributed by atoms with Gasteiger partial charge in [-0.1, -0.05) is 13.2 Å². The molecule has 0 unspecified atom stereocenters. The lowest BCUT2D eigenvalue weighted by atomic mass is 9.87. The highest BCUT2D eigenvalue weighted by Gasteiger charge is 2.35. The summed E-state index contributed by atoms with van der Waals surface area (Å²) in [4.78, 5) is 4.83. The molecule has 0 bridgehead atoms. The van der Waals surface area contributed by atoms with Crippen LogP contribution >= 0.6 is 11.3 Å². The van der Waals surface area contributed by atoms with Gasteiger partial charge < -0.3 is 14.3 Å². The van der Waals surface area contributed by atoms with Gasteiger partial charge in [0.25, 0.3) is 0 Å². The van der Waals surface area contributed by atoms with E-state index >= 15 is 0 Å². The second-order valence-corrected chi connectivity index (χ2v) is 8.61. The third kappa shape index (κ3) is 5.47. The van der Waals surface area contributed by atoms with E-state index in [1.54, 1.807) is 25.2 Å². The minimum atomic E-state index is -1.33. The number of thiophene rings is 1. The van der Waals surface area contributed by atoms with Gasteiger partial charge in [-0.05, 0) is 59.5 Å². The zero-order valence-corrected chi connectivity index (χ0v) is 18.3. The van der Waals surface area contributed by atoms with E-state index in [9.17, 15) is 5.11 Å². The summed E-state index contributed by atoms with van der Waals surface area (Å²) < 4.78 is 11.5. The van der Waals surface area contributed by atoms with Gasteiger partial charge >= 0.3 is 0 Å². The summed E-state index contributed by atoms with van der Waals surface area (Å²) >= 11 is 1.72. The molecule has 1 fully saturated rings. The molecule has 3 heterocycles. The average Bonchev–Trinajstić information content (AvgIpc) is 3.38. The first kappa shape index (κ1) is 22.0. The Labute approximate surface area is 177 Å². The minimum absolute atomic E-state index is 0.483.